The highest BCUT2D eigenvalue weighted by molar-refractivity contribution is 14.1. The molecule has 4 nitrogen and oxygen atoms in total. The van der Waals surface area contributed by atoms with Gasteiger partial charge >= 0.3 is 0 Å². The van der Waals surface area contributed by atoms with Crippen LogP contribution in [0.15, 0.2) is 53.5 Å². The normalized spacial score (nSPS) is 19.7. The second kappa shape index (κ2) is 6.59. The molecule has 2 aromatic carbocycles. The fourth-order valence-electron chi connectivity index (χ4n) is 2.15. The van der Waals surface area contributed by atoms with Crippen molar-refractivity contribution < 1.29 is 9.59 Å². The Kier molecular flexibility index (Phi) is 4.70. The van der Waals surface area contributed by atoms with E-state index in [1.807, 2.05) is 12.1 Å². The summed E-state index contributed by atoms with van der Waals surface area (Å²) in [7, 11) is 0. The average molecular weight is 459 g/mol. The summed E-state index contributed by atoms with van der Waals surface area (Å²) in [6.45, 7) is 0. The summed E-state index contributed by atoms with van der Waals surface area (Å²) >= 11 is 14.1. The van der Waals surface area contributed by atoms with Crippen LogP contribution in [0.1, 0.15) is 0 Å². The molecule has 116 valence electrons. The highest BCUT2D eigenvalue weighted by Gasteiger charge is 2.44. The van der Waals surface area contributed by atoms with Crippen LogP contribution in [0.4, 0.5) is 11.4 Å². The number of alkyl halides is 1. The molecule has 0 saturated carbocycles. The van der Waals surface area contributed by atoms with E-state index in [9.17, 15) is 9.59 Å². The molecule has 1 fully saturated rings. The first-order valence-corrected chi connectivity index (χ1v) is 8.49. The van der Waals surface area contributed by atoms with Crippen LogP contribution in [-0.2, 0) is 9.59 Å². The molecule has 1 aliphatic rings. The summed E-state index contributed by atoms with van der Waals surface area (Å²) < 4.78 is 1.05. The quantitative estimate of drug-likeness (QED) is 0.384. The summed E-state index contributed by atoms with van der Waals surface area (Å²) in [5, 5.41) is -0.583. The van der Waals surface area contributed by atoms with Gasteiger partial charge in [0.15, 0.2) is 5.38 Å². The van der Waals surface area contributed by atoms with Crippen LogP contribution in [0.3, 0.4) is 0 Å². The minimum absolute atomic E-state index is 0.0211. The summed E-state index contributed by atoms with van der Waals surface area (Å²) in [5.41, 5.74) is 1.01. The molecule has 1 saturated heterocycles. The molecule has 0 radical (unpaired) electrons. The van der Waals surface area contributed by atoms with Gasteiger partial charge in [-0.25, -0.2) is 9.89 Å². The van der Waals surface area contributed by atoms with Gasteiger partial charge in [0, 0.05) is 8.59 Å². The monoisotopic (exact) mass is 458 g/mol. The van der Waals surface area contributed by atoms with Gasteiger partial charge in [-0.2, -0.15) is 0 Å². The SMILES string of the molecule is O=C1C(=Nc2ccc(I)cc2)C(Cl)C(=O)N1c1ccc(Cl)cc1. The summed E-state index contributed by atoms with van der Waals surface area (Å²) in [6, 6.07) is 13.7. The van der Waals surface area contributed by atoms with Gasteiger partial charge in [-0.05, 0) is 71.1 Å². The van der Waals surface area contributed by atoms with Crippen LogP contribution in [0.25, 0.3) is 0 Å². The second-order valence-electron chi connectivity index (χ2n) is 4.79. The lowest BCUT2D eigenvalue weighted by atomic mass is 10.3. The molecule has 2 amide bonds. The fourth-order valence-corrected chi connectivity index (χ4v) is 2.87. The maximum Gasteiger partial charge on any atom is 0.281 e. The predicted octanol–water partition coefficient (Wildman–Crippen LogP) is 4.20. The van der Waals surface area contributed by atoms with Crippen LogP contribution in [0.2, 0.25) is 5.02 Å². The van der Waals surface area contributed by atoms with Gasteiger partial charge in [0.05, 0.1) is 11.4 Å². The molecule has 0 N–H and O–H groups in total. The molecular formula is C16H9Cl2IN2O2. The number of aliphatic imine (C=N–C) groups is 1. The van der Waals surface area contributed by atoms with Gasteiger partial charge in [-0.15, -0.1) is 11.6 Å². The number of nitrogens with zero attached hydrogens (tertiary/aromatic N) is 2. The van der Waals surface area contributed by atoms with E-state index in [2.05, 4.69) is 27.6 Å². The number of imide groups is 1. The van der Waals surface area contributed by atoms with Gasteiger partial charge in [-0.1, -0.05) is 11.6 Å². The lowest BCUT2D eigenvalue weighted by Gasteiger charge is -2.12. The van der Waals surface area contributed by atoms with Gasteiger partial charge in [0.25, 0.3) is 11.8 Å². The van der Waals surface area contributed by atoms with Crippen molar-refractivity contribution in [2.45, 2.75) is 5.38 Å². The number of hydrogen-bond donors (Lipinski definition) is 0. The Bertz CT molecular complexity index is 804. The highest BCUT2D eigenvalue weighted by atomic mass is 127. The number of carbonyl (C=O) groups is 2. The molecule has 23 heavy (non-hydrogen) atoms. The minimum atomic E-state index is -1.10. The van der Waals surface area contributed by atoms with Gasteiger partial charge in [0.2, 0.25) is 0 Å². The zero-order valence-electron chi connectivity index (χ0n) is 11.5. The van der Waals surface area contributed by atoms with Crippen molar-refractivity contribution >= 4 is 74.7 Å². The molecular weight excluding hydrogens is 450 g/mol. The average Bonchev–Trinajstić information content (AvgIpc) is 2.74. The maximum atomic E-state index is 12.5. The van der Waals surface area contributed by atoms with Crippen molar-refractivity contribution in [1.29, 1.82) is 0 Å². The van der Waals surface area contributed by atoms with E-state index < -0.39 is 17.2 Å². The van der Waals surface area contributed by atoms with Crippen molar-refractivity contribution in [1.82, 2.24) is 0 Å². The Morgan fingerprint density at radius 3 is 2.22 bits per heavy atom. The number of halogens is 3. The summed E-state index contributed by atoms with van der Waals surface area (Å²) in [6.07, 6.45) is 0. The third-order valence-electron chi connectivity index (χ3n) is 3.26. The fraction of sp³-hybridized carbons (Fsp3) is 0.0625. The van der Waals surface area contributed by atoms with Crippen molar-refractivity contribution in [2.24, 2.45) is 4.99 Å². The zero-order chi connectivity index (χ0) is 16.6. The first-order valence-electron chi connectivity index (χ1n) is 6.59. The Labute approximate surface area is 156 Å². The first-order chi connectivity index (χ1) is 11.0. The topological polar surface area (TPSA) is 49.7 Å². The second-order valence-corrected chi connectivity index (χ2v) is 6.91. The standard InChI is InChI=1S/C16H9Cl2IN2O2/c17-9-1-7-12(8-2-9)21-15(22)13(18)14(16(21)23)20-11-5-3-10(19)4-6-11/h1-8,13H. The molecule has 1 unspecified atom stereocenters. The van der Waals surface area contributed by atoms with Crippen molar-refractivity contribution in [3.05, 3.63) is 57.1 Å². The summed E-state index contributed by atoms with van der Waals surface area (Å²) in [5.74, 6) is -1.03. The van der Waals surface area contributed by atoms with Crippen LogP contribution in [-0.4, -0.2) is 22.9 Å². The maximum absolute atomic E-state index is 12.5. The van der Waals surface area contributed by atoms with E-state index >= 15 is 0 Å². The van der Waals surface area contributed by atoms with E-state index in [1.165, 1.54) is 0 Å². The van der Waals surface area contributed by atoms with E-state index in [0.29, 0.717) is 16.4 Å². The number of anilines is 1. The number of amides is 2. The van der Waals surface area contributed by atoms with E-state index in [1.54, 1.807) is 36.4 Å². The van der Waals surface area contributed by atoms with E-state index in [0.717, 1.165) is 8.47 Å². The lowest BCUT2D eigenvalue weighted by Crippen LogP contribution is -2.31. The summed E-state index contributed by atoms with van der Waals surface area (Å²) in [4.78, 5) is 30.1. The Morgan fingerprint density at radius 1 is 1.00 bits per heavy atom. The number of rotatable bonds is 2. The van der Waals surface area contributed by atoms with Crippen LogP contribution in [0.5, 0.6) is 0 Å². The molecule has 1 aliphatic heterocycles. The smallest absolute Gasteiger partial charge is 0.272 e. The molecule has 0 aromatic heterocycles. The van der Waals surface area contributed by atoms with Gasteiger partial charge in [-0.3, -0.25) is 9.59 Å². The minimum Gasteiger partial charge on any atom is -0.272 e. The Hall–Kier alpha value is -1.44. The number of benzene rings is 2. The Balaban J connectivity index is 1.97. The number of hydrogen-bond acceptors (Lipinski definition) is 3. The van der Waals surface area contributed by atoms with Crippen LogP contribution >= 0.6 is 45.8 Å². The van der Waals surface area contributed by atoms with Gasteiger partial charge < -0.3 is 0 Å². The zero-order valence-corrected chi connectivity index (χ0v) is 15.2. The van der Waals surface area contributed by atoms with Crippen LogP contribution in [0, 0.1) is 3.57 Å². The van der Waals surface area contributed by atoms with Crippen molar-refractivity contribution in [3.8, 4) is 0 Å². The first kappa shape index (κ1) is 16.4. The molecule has 1 atom stereocenters. The molecule has 0 aliphatic carbocycles. The molecule has 3 rings (SSSR count). The van der Waals surface area contributed by atoms with E-state index in [4.69, 9.17) is 23.2 Å². The van der Waals surface area contributed by atoms with Crippen molar-refractivity contribution in [3.63, 3.8) is 0 Å². The third kappa shape index (κ3) is 3.27. The van der Waals surface area contributed by atoms with Gasteiger partial charge in [0.1, 0.15) is 5.71 Å². The highest BCUT2D eigenvalue weighted by Crippen LogP contribution is 2.27. The molecule has 2 aromatic rings. The number of carbonyl (C=O) groups excluding carboxylic acids is 2. The van der Waals surface area contributed by atoms with Crippen molar-refractivity contribution in [2.75, 3.05) is 4.90 Å². The Morgan fingerprint density at radius 2 is 1.61 bits per heavy atom. The molecule has 0 spiro atoms. The lowest BCUT2D eigenvalue weighted by molar-refractivity contribution is -0.120. The molecule has 1 heterocycles. The van der Waals surface area contributed by atoms with E-state index in [-0.39, 0.29) is 5.71 Å². The molecule has 0 bridgehead atoms. The third-order valence-corrected chi connectivity index (χ3v) is 4.62. The molecule has 7 heteroatoms. The predicted molar refractivity (Wildman–Crippen MR) is 99.8 cm³/mol. The largest absolute Gasteiger partial charge is 0.281 e. The van der Waals surface area contributed by atoms with Crippen LogP contribution < -0.4 is 4.90 Å².